The average molecular weight is 413 g/mol. The highest BCUT2D eigenvalue weighted by Gasteiger charge is 2.21. The molecule has 0 bridgehead atoms. The van der Waals surface area contributed by atoms with Gasteiger partial charge in [0.05, 0.1) is 29.3 Å². The minimum absolute atomic E-state index is 0.0680. The predicted molar refractivity (Wildman–Crippen MR) is 103 cm³/mol. The molecule has 1 aliphatic heterocycles. The molecule has 0 aliphatic carbocycles. The van der Waals surface area contributed by atoms with E-state index in [0.717, 1.165) is 25.2 Å². The first kappa shape index (κ1) is 19.9. The Hall–Kier alpha value is -1.80. The van der Waals surface area contributed by atoms with E-state index in [4.69, 9.17) is 32.5 Å². The van der Waals surface area contributed by atoms with Crippen LogP contribution in [0.5, 0.6) is 0 Å². The standard InChI is InChI=1S/C18H22Cl2N4O3/c1-12-6-14(23-27-12)8-21-18(25)22-9-15-11-24(4-5-26-15)10-13-2-3-16(19)17(20)7-13/h2-3,6-7,15H,4-5,8-11H2,1H3,(H2,21,22,25). The molecule has 1 unspecified atom stereocenters. The largest absolute Gasteiger partial charge is 0.374 e. The number of nitrogens with zero attached hydrogens (tertiary/aromatic N) is 2. The molecule has 7 nitrogen and oxygen atoms in total. The Balaban J connectivity index is 1.41. The van der Waals surface area contributed by atoms with Crippen LogP contribution >= 0.6 is 23.2 Å². The molecule has 1 aromatic heterocycles. The molecule has 1 aromatic carbocycles. The number of benzene rings is 1. The zero-order valence-electron chi connectivity index (χ0n) is 15.0. The molecule has 2 heterocycles. The fourth-order valence-electron chi connectivity index (χ4n) is 2.88. The van der Waals surface area contributed by atoms with Crippen LogP contribution in [0.4, 0.5) is 4.79 Å². The molecular weight excluding hydrogens is 391 g/mol. The highest BCUT2D eigenvalue weighted by Crippen LogP contribution is 2.23. The van der Waals surface area contributed by atoms with Crippen LogP contribution in [0.15, 0.2) is 28.8 Å². The second-order valence-corrected chi connectivity index (χ2v) is 7.28. The lowest BCUT2D eigenvalue weighted by atomic mass is 10.2. The van der Waals surface area contributed by atoms with E-state index in [0.29, 0.717) is 41.2 Å². The fourth-order valence-corrected chi connectivity index (χ4v) is 3.21. The minimum atomic E-state index is -0.263. The van der Waals surface area contributed by atoms with Crippen LogP contribution in [0.1, 0.15) is 17.0 Å². The van der Waals surface area contributed by atoms with Crippen LogP contribution in [-0.4, -0.2) is 48.4 Å². The maximum atomic E-state index is 11.9. The molecule has 0 saturated carbocycles. The second kappa shape index (κ2) is 9.41. The molecule has 0 spiro atoms. The summed E-state index contributed by atoms with van der Waals surface area (Å²) in [6.45, 7) is 5.49. The highest BCUT2D eigenvalue weighted by molar-refractivity contribution is 6.42. The molecule has 3 rings (SSSR count). The van der Waals surface area contributed by atoms with Gasteiger partial charge in [-0.3, -0.25) is 4.90 Å². The van der Waals surface area contributed by atoms with Gasteiger partial charge in [0.1, 0.15) is 11.5 Å². The van der Waals surface area contributed by atoms with Crippen LogP contribution < -0.4 is 10.6 Å². The Morgan fingerprint density at radius 2 is 2.15 bits per heavy atom. The van der Waals surface area contributed by atoms with Gasteiger partial charge in [-0.15, -0.1) is 0 Å². The average Bonchev–Trinajstić information content (AvgIpc) is 3.07. The summed E-state index contributed by atoms with van der Waals surface area (Å²) in [4.78, 5) is 14.2. The van der Waals surface area contributed by atoms with Crippen molar-refractivity contribution in [1.82, 2.24) is 20.7 Å². The van der Waals surface area contributed by atoms with E-state index >= 15 is 0 Å². The number of amides is 2. The van der Waals surface area contributed by atoms with Gasteiger partial charge >= 0.3 is 6.03 Å². The predicted octanol–water partition coefficient (Wildman–Crippen LogP) is 2.99. The van der Waals surface area contributed by atoms with Crippen molar-refractivity contribution in [3.8, 4) is 0 Å². The zero-order chi connectivity index (χ0) is 19.2. The molecule has 1 fully saturated rings. The molecule has 2 aromatic rings. The summed E-state index contributed by atoms with van der Waals surface area (Å²) in [7, 11) is 0. The summed E-state index contributed by atoms with van der Waals surface area (Å²) in [6, 6.07) is 7.17. The van der Waals surface area contributed by atoms with Crippen LogP contribution in [0.3, 0.4) is 0 Å². The molecule has 0 radical (unpaired) electrons. The first-order valence-corrected chi connectivity index (χ1v) is 9.47. The summed E-state index contributed by atoms with van der Waals surface area (Å²) in [5.41, 5.74) is 1.78. The van der Waals surface area contributed by atoms with Gasteiger partial charge in [0, 0.05) is 32.2 Å². The maximum Gasteiger partial charge on any atom is 0.315 e. The Labute approximate surface area is 167 Å². The van der Waals surface area contributed by atoms with Crippen LogP contribution in [0.25, 0.3) is 0 Å². The first-order chi connectivity index (χ1) is 13.0. The van der Waals surface area contributed by atoms with E-state index in [1.54, 1.807) is 19.1 Å². The van der Waals surface area contributed by atoms with E-state index in [1.165, 1.54) is 0 Å². The molecule has 27 heavy (non-hydrogen) atoms. The highest BCUT2D eigenvalue weighted by atomic mass is 35.5. The van der Waals surface area contributed by atoms with Gasteiger partial charge in [-0.2, -0.15) is 0 Å². The number of rotatable bonds is 6. The second-order valence-electron chi connectivity index (χ2n) is 6.47. The summed E-state index contributed by atoms with van der Waals surface area (Å²) in [5, 5.41) is 10.5. The van der Waals surface area contributed by atoms with Crippen molar-refractivity contribution >= 4 is 29.2 Å². The van der Waals surface area contributed by atoms with Crippen LogP contribution in [0.2, 0.25) is 10.0 Å². The monoisotopic (exact) mass is 412 g/mol. The molecular formula is C18H22Cl2N4O3. The van der Waals surface area contributed by atoms with Gasteiger partial charge in [-0.05, 0) is 24.6 Å². The number of urea groups is 1. The van der Waals surface area contributed by atoms with Gasteiger partial charge in [0.15, 0.2) is 0 Å². The van der Waals surface area contributed by atoms with E-state index < -0.39 is 0 Å². The Kier molecular flexibility index (Phi) is 6.95. The molecule has 2 amide bonds. The van der Waals surface area contributed by atoms with Crippen molar-refractivity contribution in [2.75, 3.05) is 26.2 Å². The number of carbonyl (C=O) groups excluding carboxylic acids is 1. The van der Waals surface area contributed by atoms with Crippen LogP contribution in [0, 0.1) is 6.92 Å². The van der Waals surface area contributed by atoms with E-state index in [2.05, 4.69) is 20.7 Å². The normalized spacial score (nSPS) is 17.7. The summed E-state index contributed by atoms with van der Waals surface area (Å²) in [6.07, 6.45) is -0.0680. The lowest BCUT2D eigenvalue weighted by Crippen LogP contribution is -2.48. The lowest BCUT2D eigenvalue weighted by molar-refractivity contribution is -0.0287. The third-order valence-electron chi connectivity index (χ3n) is 4.21. The molecule has 9 heteroatoms. The van der Waals surface area contributed by atoms with Crippen molar-refractivity contribution in [1.29, 1.82) is 0 Å². The van der Waals surface area contributed by atoms with Gasteiger partial charge < -0.3 is 19.9 Å². The van der Waals surface area contributed by atoms with Crippen molar-refractivity contribution in [2.45, 2.75) is 26.1 Å². The van der Waals surface area contributed by atoms with Gasteiger partial charge in [0.2, 0.25) is 0 Å². The van der Waals surface area contributed by atoms with E-state index in [1.807, 2.05) is 12.1 Å². The van der Waals surface area contributed by atoms with E-state index in [9.17, 15) is 4.79 Å². The van der Waals surface area contributed by atoms with Crippen LogP contribution in [-0.2, 0) is 17.8 Å². The number of aryl methyl sites for hydroxylation is 1. The van der Waals surface area contributed by atoms with Crippen molar-refractivity contribution in [3.05, 3.63) is 51.3 Å². The topological polar surface area (TPSA) is 79.6 Å². The molecule has 2 N–H and O–H groups in total. The minimum Gasteiger partial charge on any atom is -0.374 e. The third-order valence-corrected chi connectivity index (χ3v) is 4.95. The number of carbonyl (C=O) groups is 1. The number of ether oxygens (including phenoxy) is 1. The molecule has 1 aliphatic rings. The fraction of sp³-hybridized carbons (Fsp3) is 0.444. The van der Waals surface area contributed by atoms with Gasteiger partial charge in [-0.1, -0.05) is 34.4 Å². The van der Waals surface area contributed by atoms with Gasteiger partial charge in [0.25, 0.3) is 0 Å². The zero-order valence-corrected chi connectivity index (χ0v) is 16.5. The number of nitrogens with one attached hydrogen (secondary N) is 2. The van der Waals surface area contributed by atoms with Crippen molar-refractivity contribution in [2.24, 2.45) is 0 Å². The molecule has 1 saturated heterocycles. The van der Waals surface area contributed by atoms with Crippen molar-refractivity contribution in [3.63, 3.8) is 0 Å². The number of morpholine rings is 1. The first-order valence-electron chi connectivity index (χ1n) is 8.71. The summed E-state index contributed by atoms with van der Waals surface area (Å²) in [5.74, 6) is 0.713. The quantitative estimate of drug-likeness (QED) is 0.761. The number of halogens is 2. The van der Waals surface area contributed by atoms with E-state index in [-0.39, 0.29) is 12.1 Å². The smallest absolute Gasteiger partial charge is 0.315 e. The van der Waals surface area contributed by atoms with Crippen molar-refractivity contribution < 1.29 is 14.1 Å². The third kappa shape index (κ3) is 6.10. The lowest BCUT2D eigenvalue weighted by Gasteiger charge is -2.33. The van der Waals surface area contributed by atoms with Gasteiger partial charge in [-0.25, -0.2) is 4.79 Å². The summed E-state index contributed by atoms with van der Waals surface area (Å²) >= 11 is 12.0. The SMILES string of the molecule is Cc1cc(CNC(=O)NCC2CN(Cc3ccc(Cl)c(Cl)c3)CCO2)no1. The maximum absolute atomic E-state index is 11.9. The Morgan fingerprint density at radius 1 is 1.30 bits per heavy atom. The molecule has 146 valence electrons. The number of hydrogen-bond donors (Lipinski definition) is 2. The number of aromatic nitrogens is 1. The Morgan fingerprint density at radius 3 is 2.89 bits per heavy atom. The summed E-state index contributed by atoms with van der Waals surface area (Å²) < 4.78 is 10.7. The molecule has 1 atom stereocenters. The Bertz CT molecular complexity index is 784. The number of hydrogen-bond acceptors (Lipinski definition) is 5.